The molecular formula is C7H6ClF2NO. The molecule has 12 heavy (non-hydrogen) atoms. The third-order valence-electron chi connectivity index (χ3n) is 1.29. The first kappa shape index (κ1) is 9.38. The van der Waals surface area contributed by atoms with Crippen LogP contribution in [0, 0.1) is 11.6 Å². The van der Waals surface area contributed by atoms with Crippen molar-refractivity contribution in [2.45, 2.75) is 6.61 Å². The van der Waals surface area contributed by atoms with Crippen molar-refractivity contribution in [2.24, 2.45) is 5.90 Å². The second-order valence-corrected chi connectivity index (χ2v) is 2.56. The molecule has 0 aliphatic rings. The molecule has 0 unspecified atom stereocenters. The summed E-state index contributed by atoms with van der Waals surface area (Å²) in [4.78, 5) is 4.20. The Bertz CT molecular complexity index is 270. The van der Waals surface area contributed by atoms with Crippen LogP contribution in [0.4, 0.5) is 8.78 Å². The second kappa shape index (κ2) is 3.80. The van der Waals surface area contributed by atoms with E-state index in [0.717, 1.165) is 12.1 Å². The molecule has 1 aromatic rings. The van der Waals surface area contributed by atoms with Gasteiger partial charge in [-0.2, -0.15) is 0 Å². The molecule has 0 fully saturated rings. The van der Waals surface area contributed by atoms with Crippen LogP contribution in [0.25, 0.3) is 0 Å². The van der Waals surface area contributed by atoms with Crippen LogP contribution in [-0.4, -0.2) is 0 Å². The highest BCUT2D eigenvalue weighted by Crippen LogP contribution is 2.20. The Morgan fingerprint density at radius 2 is 1.83 bits per heavy atom. The highest BCUT2D eigenvalue weighted by Gasteiger charge is 2.07. The van der Waals surface area contributed by atoms with Crippen LogP contribution >= 0.6 is 11.6 Å². The van der Waals surface area contributed by atoms with Gasteiger partial charge in [0.15, 0.2) is 0 Å². The summed E-state index contributed by atoms with van der Waals surface area (Å²) in [5.41, 5.74) is 0.303. The van der Waals surface area contributed by atoms with E-state index >= 15 is 0 Å². The number of hydrogen-bond acceptors (Lipinski definition) is 2. The molecule has 66 valence electrons. The predicted octanol–water partition coefficient (Wildman–Crippen LogP) is 2.01. The van der Waals surface area contributed by atoms with Crippen LogP contribution in [0.5, 0.6) is 0 Å². The van der Waals surface area contributed by atoms with E-state index in [0.29, 0.717) is 5.56 Å². The predicted molar refractivity (Wildman–Crippen MR) is 40.3 cm³/mol. The van der Waals surface area contributed by atoms with Crippen LogP contribution in [0.1, 0.15) is 5.56 Å². The second-order valence-electron chi connectivity index (χ2n) is 2.18. The maximum atomic E-state index is 12.7. The van der Waals surface area contributed by atoms with Crippen molar-refractivity contribution >= 4 is 11.6 Å². The third kappa shape index (κ3) is 1.91. The first-order valence-electron chi connectivity index (χ1n) is 3.10. The van der Waals surface area contributed by atoms with Gasteiger partial charge in [0, 0.05) is 0 Å². The quantitative estimate of drug-likeness (QED) is 0.576. The summed E-state index contributed by atoms with van der Waals surface area (Å²) in [6.07, 6.45) is 0. The van der Waals surface area contributed by atoms with Gasteiger partial charge in [0.05, 0.1) is 6.61 Å². The van der Waals surface area contributed by atoms with Crippen molar-refractivity contribution < 1.29 is 13.6 Å². The maximum absolute atomic E-state index is 12.7. The van der Waals surface area contributed by atoms with E-state index in [-0.39, 0.29) is 6.61 Å². The van der Waals surface area contributed by atoms with Gasteiger partial charge in [-0.3, -0.25) is 4.84 Å². The molecule has 5 heteroatoms. The molecule has 0 amide bonds. The lowest BCUT2D eigenvalue weighted by atomic mass is 10.2. The van der Waals surface area contributed by atoms with E-state index in [9.17, 15) is 8.78 Å². The first-order chi connectivity index (χ1) is 5.65. The summed E-state index contributed by atoms with van der Waals surface area (Å²) in [5.74, 6) is 3.09. The fourth-order valence-corrected chi connectivity index (χ4v) is 0.897. The van der Waals surface area contributed by atoms with Crippen LogP contribution in [-0.2, 0) is 11.4 Å². The van der Waals surface area contributed by atoms with Gasteiger partial charge < -0.3 is 0 Å². The lowest BCUT2D eigenvalue weighted by Gasteiger charge is -2.01. The molecule has 0 saturated heterocycles. The minimum absolute atomic E-state index is 0.0506. The summed E-state index contributed by atoms with van der Waals surface area (Å²) in [5, 5.41) is -0.518. The number of benzene rings is 1. The van der Waals surface area contributed by atoms with Gasteiger partial charge in [-0.1, -0.05) is 11.6 Å². The average Bonchev–Trinajstić information content (AvgIpc) is 2.01. The summed E-state index contributed by atoms with van der Waals surface area (Å²) in [6.45, 7) is -0.0506. The van der Waals surface area contributed by atoms with E-state index in [1.165, 1.54) is 0 Å². The number of rotatable bonds is 2. The third-order valence-corrected chi connectivity index (χ3v) is 1.65. The first-order valence-corrected chi connectivity index (χ1v) is 3.48. The summed E-state index contributed by atoms with van der Waals surface area (Å²) in [6, 6.07) is 2.14. The van der Waals surface area contributed by atoms with Crippen LogP contribution in [0.15, 0.2) is 12.1 Å². The van der Waals surface area contributed by atoms with E-state index in [1.54, 1.807) is 0 Å². The Morgan fingerprint density at radius 1 is 1.33 bits per heavy atom. The molecule has 0 aromatic heterocycles. The average molecular weight is 194 g/mol. The van der Waals surface area contributed by atoms with Gasteiger partial charge >= 0.3 is 0 Å². The Balaban J connectivity index is 3.04. The van der Waals surface area contributed by atoms with Crippen LogP contribution in [0.3, 0.4) is 0 Å². The van der Waals surface area contributed by atoms with Crippen molar-refractivity contribution in [3.05, 3.63) is 34.4 Å². The van der Waals surface area contributed by atoms with E-state index in [2.05, 4.69) is 4.84 Å². The molecule has 0 bridgehead atoms. The molecule has 2 nitrogen and oxygen atoms in total. The molecule has 1 aromatic carbocycles. The lowest BCUT2D eigenvalue weighted by Crippen LogP contribution is -2.00. The molecule has 0 heterocycles. The van der Waals surface area contributed by atoms with Gasteiger partial charge in [-0.15, -0.1) is 0 Å². The van der Waals surface area contributed by atoms with Gasteiger partial charge in [-0.25, -0.2) is 14.7 Å². The number of halogens is 3. The summed E-state index contributed by atoms with van der Waals surface area (Å²) >= 11 is 5.23. The molecule has 0 spiro atoms. The van der Waals surface area contributed by atoms with Crippen molar-refractivity contribution in [3.8, 4) is 0 Å². The molecule has 0 aliphatic heterocycles. The topological polar surface area (TPSA) is 35.2 Å². The van der Waals surface area contributed by atoms with Gasteiger partial charge in [0.1, 0.15) is 16.7 Å². The highest BCUT2D eigenvalue weighted by atomic mass is 35.5. The summed E-state index contributed by atoms with van der Waals surface area (Å²) < 4.78 is 25.4. The number of nitrogens with two attached hydrogens (primary N) is 1. The SMILES string of the molecule is NOCc1cc(F)c(Cl)c(F)c1. The van der Waals surface area contributed by atoms with Gasteiger partial charge in [0.2, 0.25) is 0 Å². The van der Waals surface area contributed by atoms with Gasteiger partial charge in [-0.05, 0) is 17.7 Å². The molecule has 2 N–H and O–H groups in total. The van der Waals surface area contributed by atoms with Crippen LogP contribution < -0.4 is 5.90 Å². The van der Waals surface area contributed by atoms with Crippen molar-refractivity contribution in [1.82, 2.24) is 0 Å². The minimum atomic E-state index is -0.816. The maximum Gasteiger partial charge on any atom is 0.145 e. The Morgan fingerprint density at radius 3 is 2.25 bits per heavy atom. The summed E-state index contributed by atoms with van der Waals surface area (Å²) in [7, 11) is 0. The fourth-order valence-electron chi connectivity index (χ4n) is 0.788. The van der Waals surface area contributed by atoms with Crippen molar-refractivity contribution in [1.29, 1.82) is 0 Å². The van der Waals surface area contributed by atoms with Crippen molar-refractivity contribution in [3.63, 3.8) is 0 Å². The monoisotopic (exact) mass is 193 g/mol. The zero-order valence-electron chi connectivity index (χ0n) is 5.98. The minimum Gasteiger partial charge on any atom is -0.300 e. The lowest BCUT2D eigenvalue weighted by molar-refractivity contribution is 0.123. The smallest absolute Gasteiger partial charge is 0.145 e. The van der Waals surface area contributed by atoms with Crippen LogP contribution in [0.2, 0.25) is 5.02 Å². The molecule has 0 radical (unpaired) electrons. The molecular weight excluding hydrogens is 188 g/mol. The highest BCUT2D eigenvalue weighted by molar-refractivity contribution is 6.30. The molecule has 0 saturated carbocycles. The zero-order chi connectivity index (χ0) is 9.14. The van der Waals surface area contributed by atoms with Gasteiger partial charge in [0.25, 0.3) is 0 Å². The van der Waals surface area contributed by atoms with E-state index in [1.807, 2.05) is 0 Å². The normalized spacial score (nSPS) is 10.3. The Kier molecular flexibility index (Phi) is 2.97. The molecule has 0 atom stereocenters. The van der Waals surface area contributed by atoms with E-state index < -0.39 is 16.7 Å². The largest absolute Gasteiger partial charge is 0.300 e. The fraction of sp³-hybridized carbons (Fsp3) is 0.143. The standard InChI is InChI=1S/C7H6ClF2NO/c8-7-5(9)1-4(3-12-11)2-6(7)10/h1-2H,3,11H2. The Hall–Kier alpha value is -0.710. The molecule has 1 rings (SSSR count). The number of hydrogen-bond donors (Lipinski definition) is 1. The Labute approximate surface area is 72.8 Å². The van der Waals surface area contributed by atoms with E-state index in [4.69, 9.17) is 17.5 Å². The molecule has 0 aliphatic carbocycles. The van der Waals surface area contributed by atoms with Crippen molar-refractivity contribution in [2.75, 3.05) is 0 Å². The zero-order valence-corrected chi connectivity index (χ0v) is 6.74.